The summed E-state index contributed by atoms with van der Waals surface area (Å²) in [5, 5.41) is 105. The van der Waals surface area contributed by atoms with Crippen molar-refractivity contribution < 1.29 is 116 Å². The van der Waals surface area contributed by atoms with Gasteiger partial charge in [0.05, 0.1) is 19.8 Å². The van der Waals surface area contributed by atoms with Crippen molar-refractivity contribution in [2.45, 2.75) is 36.6 Å². The Labute approximate surface area is 224 Å². The molecular weight excluding hydrogens is 549 g/mol. The number of ether oxygens (including phenoxy) is 3. The van der Waals surface area contributed by atoms with E-state index in [4.69, 9.17) is 61.3 Å². The molecule has 207 valence electrons. The third-order valence-electron chi connectivity index (χ3n) is 4.43. The van der Waals surface area contributed by atoms with Crippen LogP contribution in [0, 0.1) is 0 Å². The van der Waals surface area contributed by atoms with E-state index >= 15 is 0 Å². The number of rotatable bonds is 6. The smallest absolute Gasteiger partial charge is 0.377 e. The second-order valence-corrected chi connectivity index (χ2v) is 6.93. The number of cyclic esters (lactones) is 3. The van der Waals surface area contributed by atoms with Gasteiger partial charge in [0.25, 0.3) is 0 Å². The van der Waals surface area contributed by atoms with E-state index in [-0.39, 0.29) is 25.8 Å². The van der Waals surface area contributed by atoms with Crippen molar-refractivity contribution in [1.29, 1.82) is 0 Å². The van der Waals surface area contributed by atoms with E-state index in [9.17, 15) is 14.4 Å². The minimum atomic E-state index is -1.42. The molecule has 3 heterocycles. The molecule has 0 aromatic carbocycles. The Balaban J connectivity index is 0.000000518. The molecule has 0 aliphatic carbocycles. The molecule has 0 unspecified atom stereocenters. The molecule has 0 amide bonds. The van der Waals surface area contributed by atoms with E-state index in [1.165, 1.54) is 0 Å². The number of carbonyl (C=O) groups excluding carboxylic acids is 3. The van der Waals surface area contributed by atoms with Crippen LogP contribution in [0.4, 0.5) is 0 Å². The maximum atomic E-state index is 10.5. The average Bonchev–Trinajstić information content (AvgIpc) is 3.40. The number of aliphatic hydroxyl groups excluding tert-OH is 12. The number of aliphatic hydroxyl groups is 12. The van der Waals surface area contributed by atoms with Crippen LogP contribution >= 0.6 is 0 Å². The summed E-state index contributed by atoms with van der Waals surface area (Å²) >= 11 is 0. The van der Waals surface area contributed by atoms with Crippen molar-refractivity contribution in [1.82, 2.24) is 0 Å². The minimum absolute atomic E-state index is 0. The molecule has 3 aliphatic rings. The summed E-state index contributed by atoms with van der Waals surface area (Å²) in [5.74, 6) is -8.34. The molecule has 19 heteroatoms. The van der Waals surface area contributed by atoms with E-state index < -0.39 is 109 Å². The van der Waals surface area contributed by atoms with Gasteiger partial charge in [-0.1, -0.05) is 0 Å². The van der Waals surface area contributed by atoms with Crippen LogP contribution in [-0.4, -0.2) is 136 Å². The molecule has 37 heavy (non-hydrogen) atoms. The second kappa shape index (κ2) is 14.7. The third-order valence-corrected chi connectivity index (χ3v) is 4.43. The maximum Gasteiger partial charge on any atom is 0.377 e. The molecule has 6 atom stereocenters. The van der Waals surface area contributed by atoms with Crippen molar-refractivity contribution in [3.63, 3.8) is 0 Å². The van der Waals surface area contributed by atoms with Crippen molar-refractivity contribution in [3.8, 4) is 0 Å². The quantitative estimate of drug-likeness (QED) is 0.106. The van der Waals surface area contributed by atoms with Crippen LogP contribution in [-0.2, 0) is 54.4 Å². The molecule has 0 saturated heterocycles. The number of carbonyl (C=O) groups is 3. The van der Waals surface area contributed by atoms with Gasteiger partial charge in [-0.05, 0) is 0 Å². The fraction of sp³-hybridized carbons (Fsp3) is 0.500. The molecule has 3 rings (SSSR count). The zero-order valence-corrected chi connectivity index (χ0v) is 20.3. The van der Waals surface area contributed by atoms with Gasteiger partial charge in [0.1, 0.15) is 18.3 Å². The first kappa shape index (κ1) is 34.1. The summed E-state index contributed by atoms with van der Waals surface area (Å²) in [6.07, 6.45) is -8.33. The molecule has 3 aliphatic heterocycles. The van der Waals surface area contributed by atoms with E-state index in [1.54, 1.807) is 0 Å². The molecule has 0 fully saturated rings. The predicted molar refractivity (Wildman–Crippen MR) is 106 cm³/mol. The summed E-state index contributed by atoms with van der Waals surface area (Å²) in [5.41, 5.74) is 0. The van der Waals surface area contributed by atoms with Crippen molar-refractivity contribution >= 4 is 17.9 Å². The van der Waals surface area contributed by atoms with Gasteiger partial charge < -0.3 is 75.5 Å². The van der Waals surface area contributed by atoms with Crippen LogP contribution in [0.1, 0.15) is 0 Å². The number of esters is 3. The topological polar surface area (TPSA) is 322 Å². The minimum Gasteiger partial charge on any atom is -0.505 e. The molecule has 12 N–H and O–H groups in total. The van der Waals surface area contributed by atoms with E-state index in [2.05, 4.69) is 14.2 Å². The van der Waals surface area contributed by atoms with Crippen molar-refractivity contribution in [3.05, 3.63) is 34.6 Å². The van der Waals surface area contributed by atoms with E-state index in [0.29, 0.717) is 0 Å². The van der Waals surface area contributed by atoms with Gasteiger partial charge >= 0.3 is 17.9 Å². The first-order chi connectivity index (χ1) is 16.7. The third kappa shape index (κ3) is 8.02. The van der Waals surface area contributed by atoms with E-state index in [0.717, 1.165) is 0 Å². The molecule has 0 saturated carbocycles. The fourth-order valence-corrected chi connectivity index (χ4v) is 2.47. The molecule has 18 nitrogen and oxygen atoms in total. The Morgan fingerprint density at radius 2 is 0.703 bits per heavy atom. The summed E-state index contributed by atoms with van der Waals surface area (Å²) in [6, 6.07) is 0. The number of hydrogen-bond donors (Lipinski definition) is 12. The van der Waals surface area contributed by atoms with Gasteiger partial charge in [-0.3, -0.25) is 0 Å². The van der Waals surface area contributed by atoms with Crippen LogP contribution < -0.4 is 0 Å². The second-order valence-electron chi connectivity index (χ2n) is 6.93. The van der Waals surface area contributed by atoms with Gasteiger partial charge in [-0.15, -0.1) is 0 Å². The van der Waals surface area contributed by atoms with Gasteiger partial charge in [0.2, 0.25) is 17.3 Å². The van der Waals surface area contributed by atoms with Crippen LogP contribution in [0.3, 0.4) is 0 Å². The first-order valence-electron chi connectivity index (χ1n) is 9.59. The molecule has 0 bridgehead atoms. The zero-order chi connectivity index (χ0) is 27.9. The number of hydrogen-bond acceptors (Lipinski definition) is 18. The Morgan fingerprint density at radius 3 is 0.811 bits per heavy atom. The molecule has 0 spiro atoms. The van der Waals surface area contributed by atoms with Crippen LogP contribution in [0.15, 0.2) is 34.6 Å². The van der Waals surface area contributed by atoms with Crippen LogP contribution in [0.5, 0.6) is 0 Å². The Kier molecular flexibility index (Phi) is 13.5. The molecular formula is C18H24O18Sc. The Morgan fingerprint density at radius 1 is 0.514 bits per heavy atom. The summed E-state index contributed by atoms with van der Waals surface area (Å²) < 4.78 is 12.9. The van der Waals surface area contributed by atoms with Crippen molar-refractivity contribution in [2.75, 3.05) is 19.8 Å². The predicted octanol–water partition coefficient (Wildman–Crippen LogP) is -4.22. The standard InChI is InChI=1S/3C6H8O6.Sc/c3*7-1-2(8)5-3(9)4(10)6(11)12-5;/h3*2,5,7-10H,1H2;/t3*2-,5+;/m000./s1. The van der Waals surface area contributed by atoms with Gasteiger partial charge in [-0.25, -0.2) is 14.4 Å². The molecule has 0 aromatic rings. The van der Waals surface area contributed by atoms with Gasteiger partial charge in [-0.2, -0.15) is 0 Å². The van der Waals surface area contributed by atoms with Crippen LogP contribution in [0.2, 0.25) is 0 Å². The van der Waals surface area contributed by atoms with Gasteiger partial charge in [0.15, 0.2) is 35.6 Å². The maximum absolute atomic E-state index is 10.5. The molecule has 1 radical (unpaired) electrons. The van der Waals surface area contributed by atoms with Gasteiger partial charge in [0, 0.05) is 25.8 Å². The van der Waals surface area contributed by atoms with Crippen molar-refractivity contribution in [2.24, 2.45) is 0 Å². The zero-order valence-electron chi connectivity index (χ0n) is 18.5. The normalized spacial score (nSPS) is 25.1. The first-order valence-corrected chi connectivity index (χ1v) is 9.59. The SMILES string of the molecule is O=C1O[C@H]([C@@H](O)CO)C(O)=C1O.O=C1O[C@H]([C@@H](O)CO)C(O)=C1O.O=C1O[C@H]([C@@H](O)CO)C(O)=C1O.[Sc]. The van der Waals surface area contributed by atoms with E-state index in [1.807, 2.05) is 0 Å². The summed E-state index contributed by atoms with van der Waals surface area (Å²) in [4.78, 5) is 31.6. The largest absolute Gasteiger partial charge is 0.505 e. The average molecular weight is 573 g/mol. The summed E-state index contributed by atoms with van der Waals surface area (Å²) in [6.45, 7) is -2.01. The Bertz CT molecular complexity index is 822. The summed E-state index contributed by atoms with van der Waals surface area (Å²) in [7, 11) is 0. The fourth-order valence-electron chi connectivity index (χ4n) is 2.47. The Hall–Kier alpha value is -2.94. The molecule has 0 aromatic heterocycles. The van der Waals surface area contributed by atoms with Crippen LogP contribution in [0.25, 0.3) is 0 Å². The monoisotopic (exact) mass is 573 g/mol.